The average Bonchev–Trinajstić information content (AvgIpc) is 3.10. The minimum atomic E-state index is -0.738. The summed E-state index contributed by atoms with van der Waals surface area (Å²) in [6, 6.07) is 0. The van der Waals surface area contributed by atoms with Crippen LogP contribution in [0.3, 0.4) is 0 Å². The maximum atomic E-state index is 10.6. The maximum Gasteiger partial charge on any atom is 0.303 e. The van der Waals surface area contributed by atoms with Crippen molar-refractivity contribution in [3.8, 4) is 11.8 Å². The molecule has 4 heteroatoms. The quantitative estimate of drug-likeness (QED) is 0.351. The molecule has 0 heterocycles. The first kappa shape index (κ1) is 20.7. The molecule has 6 atom stereocenters. The van der Waals surface area contributed by atoms with E-state index in [0.29, 0.717) is 24.7 Å². The van der Waals surface area contributed by atoms with Gasteiger partial charge in [-0.1, -0.05) is 30.7 Å². The zero-order valence-corrected chi connectivity index (χ0v) is 15.9. The fourth-order valence-corrected chi connectivity index (χ4v) is 4.31. The number of hydrogen-bond acceptors (Lipinski definition) is 3. The number of hydrogen-bond donors (Lipinski definition) is 3. The van der Waals surface area contributed by atoms with Crippen molar-refractivity contribution in [2.24, 2.45) is 23.7 Å². The van der Waals surface area contributed by atoms with Crippen molar-refractivity contribution in [2.75, 3.05) is 0 Å². The monoisotopic (exact) mass is 360 g/mol. The van der Waals surface area contributed by atoms with Gasteiger partial charge in [0.2, 0.25) is 0 Å². The Morgan fingerprint density at radius 1 is 1.38 bits per heavy atom. The number of unbranched alkanes of at least 4 members (excludes halogenated alkanes) is 1. The number of fused-ring (bicyclic) bond motifs is 1. The molecule has 2 rings (SSSR count). The summed E-state index contributed by atoms with van der Waals surface area (Å²) in [7, 11) is 0. The first-order chi connectivity index (χ1) is 12.4. The van der Waals surface area contributed by atoms with Gasteiger partial charge in [-0.2, -0.15) is 0 Å². The molecule has 2 fully saturated rings. The van der Waals surface area contributed by atoms with Crippen LogP contribution in [0.15, 0.2) is 23.8 Å². The molecule has 0 aliphatic heterocycles. The highest BCUT2D eigenvalue weighted by Gasteiger charge is 2.44. The molecule has 0 amide bonds. The zero-order chi connectivity index (χ0) is 19.1. The van der Waals surface area contributed by atoms with Crippen LogP contribution in [0.4, 0.5) is 0 Å². The summed E-state index contributed by atoms with van der Waals surface area (Å²) in [5, 5.41) is 29.4. The van der Waals surface area contributed by atoms with Crippen LogP contribution in [0.5, 0.6) is 0 Å². The Bertz CT molecular complexity index is 595. The van der Waals surface area contributed by atoms with E-state index in [-0.39, 0.29) is 24.4 Å². The first-order valence-corrected chi connectivity index (χ1v) is 9.76. The summed E-state index contributed by atoms with van der Waals surface area (Å²) in [6.07, 6.45) is 10.4. The van der Waals surface area contributed by atoms with E-state index in [4.69, 9.17) is 5.11 Å². The van der Waals surface area contributed by atoms with Crippen LogP contribution in [-0.4, -0.2) is 33.5 Å². The van der Waals surface area contributed by atoms with Crippen molar-refractivity contribution < 1.29 is 20.1 Å². The third kappa shape index (κ3) is 5.72. The molecule has 3 N–H and O–H groups in total. The highest BCUT2D eigenvalue weighted by atomic mass is 16.4. The molecule has 4 nitrogen and oxygen atoms in total. The highest BCUT2D eigenvalue weighted by molar-refractivity contribution is 5.66. The van der Waals surface area contributed by atoms with Crippen molar-refractivity contribution in [2.45, 2.75) is 71.0 Å². The zero-order valence-electron chi connectivity index (χ0n) is 15.9. The first-order valence-electron chi connectivity index (χ1n) is 9.76. The number of carboxylic acids is 1. The van der Waals surface area contributed by atoms with E-state index >= 15 is 0 Å². The van der Waals surface area contributed by atoms with Gasteiger partial charge in [0.05, 0.1) is 12.2 Å². The molecule has 0 radical (unpaired) electrons. The Balaban J connectivity index is 1.89. The SMILES string of the molecule is CC#CC[C@H](C)[C@H](O)/C=C/[C@H]1[C@H]2C/C(=C/CCCC(=O)O)C[C@H]2C[C@H]1O. The van der Waals surface area contributed by atoms with E-state index in [9.17, 15) is 15.0 Å². The van der Waals surface area contributed by atoms with Crippen LogP contribution in [0.25, 0.3) is 0 Å². The summed E-state index contributed by atoms with van der Waals surface area (Å²) in [5.74, 6) is 6.25. The Labute approximate surface area is 157 Å². The maximum absolute atomic E-state index is 10.6. The van der Waals surface area contributed by atoms with Crippen molar-refractivity contribution in [1.82, 2.24) is 0 Å². The molecular weight excluding hydrogens is 328 g/mol. The second-order valence-electron chi connectivity index (χ2n) is 7.84. The highest BCUT2D eigenvalue weighted by Crippen LogP contribution is 2.50. The fourth-order valence-electron chi connectivity index (χ4n) is 4.31. The summed E-state index contributed by atoms with van der Waals surface area (Å²) < 4.78 is 0. The number of carboxylic acid groups (broad SMARTS) is 1. The van der Waals surface area contributed by atoms with Gasteiger partial charge in [0.1, 0.15) is 0 Å². The topological polar surface area (TPSA) is 77.8 Å². The van der Waals surface area contributed by atoms with Gasteiger partial charge < -0.3 is 15.3 Å². The van der Waals surface area contributed by atoms with Crippen LogP contribution in [0.2, 0.25) is 0 Å². The number of aliphatic hydroxyl groups excluding tert-OH is 2. The Hall–Kier alpha value is -1.57. The third-order valence-electron chi connectivity index (χ3n) is 5.85. The van der Waals surface area contributed by atoms with Gasteiger partial charge in [-0.25, -0.2) is 0 Å². The lowest BCUT2D eigenvalue weighted by Gasteiger charge is -2.19. The van der Waals surface area contributed by atoms with E-state index in [0.717, 1.165) is 25.7 Å². The minimum absolute atomic E-state index is 0.0845. The van der Waals surface area contributed by atoms with Crippen LogP contribution >= 0.6 is 0 Å². The van der Waals surface area contributed by atoms with E-state index < -0.39 is 12.1 Å². The van der Waals surface area contributed by atoms with E-state index in [1.165, 1.54) is 5.57 Å². The normalized spacial score (nSPS) is 31.6. The van der Waals surface area contributed by atoms with Gasteiger partial charge in [-0.05, 0) is 56.8 Å². The molecule has 2 saturated carbocycles. The minimum Gasteiger partial charge on any atom is -0.481 e. The van der Waals surface area contributed by atoms with Gasteiger partial charge in [0.15, 0.2) is 0 Å². The van der Waals surface area contributed by atoms with Crippen molar-refractivity contribution in [3.05, 3.63) is 23.8 Å². The van der Waals surface area contributed by atoms with Gasteiger partial charge >= 0.3 is 5.97 Å². The number of rotatable bonds is 8. The molecule has 0 aromatic carbocycles. The van der Waals surface area contributed by atoms with Crippen LogP contribution in [0.1, 0.15) is 58.8 Å². The van der Waals surface area contributed by atoms with Crippen LogP contribution < -0.4 is 0 Å². The molecule has 2 aliphatic carbocycles. The number of carbonyl (C=O) groups is 1. The second-order valence-corrected chi connectivity index (χ2v) is 7.84. The van der Waals surface area contributed by atoms with Gasteiger partial charge in [-0.15, -0.1) is 11.8 Å². The van der Waals surface area contributed by atoms with Gasteiger partial charge in [-0.3, -0.25) is 4.79 Å². The number of allylic oxidation sites excluding steroid dienone is 2. The fraction of sp³-hybridized carbons (Fsp3) is 0.682. The van der Waals surface area contributed by atoms with Gasteiger partial charge in [0, 0.05) is 18.8 Å². The molecule has 0 unspecified atom stereocenters. The lowest BCUT2D eigenvalue weighted by Crippen LogP contribution is -2.19. The summed E-state index contributed by atoms with van der Waals surface area (Å²) >= 11 is 0. The van der Waals surface area contributed by atoms with E-state index in [1.54, 1.807) is 6.92 Å². The van der Waals surface area contributed by atoms with Crippen LogP contribution in [-0.2, 0) is 4.79 Å². The lowest BCUT2D eigenvalue weighted by molar-refractivity contribution is -0.137. The molecular formula is C22H32O4. The molecule has 0 saturated heterocycles. The standard InChI is InChI=1S/C22H32O4/c1-3-4-7-15(2)20(23)11-10-18-19-13-16(8-5-6-9-22(25)26)12-17(19)14-21(18)24/h8,10-11,15,17-21,23-24H,5-7,9,12-14H2,1-2H3,(H,25,26)/b11-10+,16-8+/t15-,17-,18-,19-,20+,21+/m0/s1. The molecule has 2 aliphatic rings. The molecule has 0 aromatic rings. The Morgan fingerprint density at radius 2 is 2.15 bits per heavy atom. The summed E-state index contributed by atoms with van der Waals surface area (Å²) in [4.78, 5) is 10.6. The Kier molecular flexibility index (Phi) is 7.93. The smallest absolute Gasteiger partial charge is 0.303 e. The van der Waals surface area contributed by atoms with E-state index in [2.05, 4.69) is 17.9 Å². The average molecular weight is 360 g/mol. The molecule has 26 heavy (non-hydrogen) atoms. The molecule has 0 spiro atoms. The Morgan fingerprint density at radius 3 is 2.85 bits per heavy atom. The van der Waals surface area contributed by atoms with Gasteiger partial charge in [0.25, 0.3) is 0 Å². The number of aliphatic carboxylic acids is 1. The number of aliphatic hydroxyl groups is 2. The molecule has 144 valence electrons. The van der Waals surface area contributed by atoms with Crippen molar-refractivity contribution in [1.29, 1.82) is 0 Å². The van der Waals surface area contributed by atoms with Crippen molar-refractivity contribution in [3.63, 3.8) is 0 Å². The second kappa shape index (κ2) is 9.94. The lowest BCUT2D eigenvalue weighted by atomic mass is 9.89. The van der Waals surface area contributed by atoms with Crippen LogP contribution in [0, 0.1) is 35.5 Å². The molecule has 0 aromatic heterocycles. The van der Waals surface area contributed by atoms with E-state index in [1.807, 2.05) is 19.1 Å². The predicted molar refractivity (Wildman–Crippen MR) is 102 cm³/mol. The summed E-state index contributed by atoms with van der Waals surface area (Å²) in [5.41, 5.74) is 1.41. The third-order valence-corrected chi connectivity index (χ3v) is 5.85. The largest absolute Gasteiger partial charge is 0.481 e. The van der Waals surface area contributed by atoms with Crippen molar-refractivity contribution >= 4 is 5.97 Å². The summed E-state index contributed by atoms with van der Waals surface area (Å²) in [6.45, 7) is 3.79. The molecule has 0 bridgehead atoms. The predicted octanol–water partition coefficient (Wildman–Crippen LogP) is 3.54.